The van der Waals surface area contributed by atoms with Crippen LogP contribution in [-0.4, -0.2) is 18.2 Å². The summed E-state index contributed by atoms with van der Waals surface area (Å²) in [6.07, 6.45) is 0. The molecule has 3 nitrogen and oxygen atoms in total. The molecule has 2 rings (SSSR count). The van der Waals surface area contributed by atoms with E-state index in [1.165, 1.54) is 0 Å². The van der Waals surface area contributed by atoms with Gasteiger partial charge in [-0.25, -0.2) is 0 Å². The lowest BCUT2D eigenvalue weighted by molar-refractivity contribution is 0.420. The molecule has 0 spiro atoms. The number of benzene rings is 1. The highest BCUT2D eigenvalue weighted by Crippen LogP contribution is 2.30. The number of hydrogen-bond acceptors (Lipinski definition) is 2. The lowest BCUT2D eigenvalue weighted by Gasteiger charge is -2.05. The number of ether oxygens (including phenoxy) is 1. The molecule has 0 aliphatic heterocycles. The summed E-state index contributed by atoms with van der Waals surface area (Å²) in [4.78, 5) is 0. The highest BCUT2D eigenvalue weighted by Gasteiger charge is 2.09. The van der Waals surface area contributed by atoms with Crippen molar-refractivity contribution in [1.82, 2.24) is 4.57 Å². The zero-order valence-electron chi connectivity index (χ0n) is 8.53. The van der Waals surface area contributed by atoms with Crippen molar-refractivity contribution in [3.63, 3.8) is 0 Å². The third-order valence-electron chi connectivity index (χ3n) is 2.43. The van der Waals surface area contributed by atoms with Gasteiger partial charge in [-0.05, 0) is 34.1 Å². The van der Waals surface area contributed by atoms with Crippen LogP contribution in [0.2, 0.25) is 0 Å². The Morgan fingerprint density at radius 3 is 2.93 bits per heavy atom. The molecule has 0 bridgehead atoms. The van der Waals surface area contributed by atoms with E-state index in [4.69, 9.17) is 10.5 Å². The summed E-state index contributed by atoms with van der Waals surface area (Å²) in [5, 5.41) is 1.11. The van der Waals surface area contributed by atoms with E-state index in [0.29, 0.717) is 6.54 Å². The maximum atomic E-state index is 5.58. The molecular weight excluding hydrogens is 256 g/mol. The van der Waals surface area contributed by atoms with Crippen molar-refractivity contribution in [2.75, 3.05) is 13.7 Å². The largest absolute Gasteiger partial charge is 0.496 e. The molecule has 4 heteroatoms. The second kappa shape index (κ2) is 4.24. The van der Waals surface area contributed by atoms with Crippen molar-refractivity contribution >= 4 is 26.8 Å². The van der Waals surface area contributed by atoms with Gasteiger partial charge in [0.25, 0.3) is 0 Å². The van der Waals surface area contributed by atoms with Crippen molar-refractivity contribution in [2.24, 2.45) is 5.73 Å². The lowest BCUT2D eigenvalue weighted by Crippen LogP contribution is -2.09. The highest BCUT2D eigenvalue weighted by atomic mass is 79.9. The fourth-order valence-electron chi connectivity index (χ4n) is 1.76. The van der Waals surface area contributed by atoms with Gasteiger partial charge >= 0.3 is 0 Å². The average Bonchev–Trinajstić information content (AvgIpc) is 2.56. The van der Waals surface area contributed by atoms with Crippen LogP contribution >= 0.6 is 15.9 Å². The number of nitrogens with two attached hydrogens (primary N) is 1. The third-order valence-corrected chi connectivity index (χ3v) is 3.08. The topological polar surface area (TPSA) is 40.2 Å². The molecule has 0 unspecified atom stereocenters. The molecule has 0 fully saturated rings. The van der Waals surface area contributed by atoms with E-state index in [1.807, 2.05) is 12.1 Å². The van der Waals surface area contributed by atoms with Gasteiger partial charge in [-0.15, -0.1) is 0 Å². The van der Waals surface area contributed by atoms with E-state index in [0.717, 1.165) is 27.8 Å². The van der Waals surface area contributed by atoms with Crippen LogP contribution < -0.4 is 10.5 Å². The van der Waals surface area contributed by atoms with Crippen molar-refractivity contribution in [1.29, 1.82) is 0 Å². The lowest BCUT2D eigenvalue weighted by atomic mass is 10.2. The van der Waals surface area contributed by atoms with Crippen LogP contribution in [0.1, 0.15) is 0 Å². The first kappa shape index (κ1) is 10.5. The molecule has 0 saturated heterocycles. The van der Waals surface area contributed by atoms with E-state index in [9.17, 15) is 0 Å². The quantitative estimate of drug-likeness (QED) is 0.929. The fraction of sp³-hybridized carbons (Fsp3) is 0.273. The molecule has 0 aliphatic rings. The summed E-state index contributed by atoms with van der Waals surface area (Å²) in [5.41, 5.74) is 6.72. The predicted molar refractivity (Wildman–Crippen MR) is 65.2 cm³/mol. The zero-order chi connectivity index (χ0) is 10.8. The molecule has 0 radical (unpaired) electrons. The number of halogens is 1. The molecule has 0 amide bonds. The molecule has 15 heavy (non-hydrogen) atoms. The molecule has 2 N–H and O–H groups in total. The molecule has 0 atom stereocenters. The van der Waals surface area contributed by atoms with E-state index in [1.54, 1.807) is 7.11 Å². The fourth-order valence-corrected chi connectivity index (χ4v) is 2.36. The van der Waals surface area contributed by atoms with E-state index in [2.05, 4.69) is 32.6 Å². The Morgan fingerprint density at radius 2 is 2.27 bits per heavy atom. The Kier molecular flexibility index (Phi) is 2.98. The van der Waals surface area contributed by atoms with Crippen molar-refractivity contribution in [3.8, 4) is 5.75 Å². The second-order valence-electron chi connectivity index (χ2n) is 3.30. The van der Waals surface area contributed by atoms with Gasteiger partial charge < -0.3 is 15.0 Å². The minimum atomic E-state index is 0.625. The second-order valence-corrected chi connectivity index (χ2v) is 4.11. The standard InChI is InChI=1S/C11H13BrN2O/c1-15-10-4-2-3-9-8(10)7-11(12)14(9)6-5-13/h2-4,7H,5-6,13H2,1H3. The normalized spacial score (nSPS) is 10.9. The molecule has 80 valence electrons. The minimum absolute atomic E-state index is 0.625. The van der Waals surface area contributed by atoms with Crippen LogP contribution in [0.25, 0.3) is 10.9 Å². The van der Waals surface area contributed by atoms with Gasteiger partial charge in [0.15, 0.2) is 0 Å². The van der Waals surface area contributed by atoms with Gasteiger partial charge in [0.05, 0.1) is 17.2 Å². The first-order chi connectivity index (χ1) is 7.27. The third kappa shape index (κ3) is 1.75. The highest BCUT2D eigenvalue weighted by molar-refractivity contribution is 9.10. The number of fused-ring (bicyclic) bond motifs is 1. The Hall–Kier alpha value is -1.00. The Bertz CT molecular complexity index is 479. The van der Waals surface area contributed by atoms with Crippen LogP contribution in [0.3, 0.4) is 0 Å². The zero-order valence-corrected chi connectivity index (χ0v) is 10.1. The first-order valence-electron chi connectivity index (χ1n) is 4.79. The first-order valence-corrected chi connectivity index (χ1v) is 5.59. The Morgan fingerprint density at radius 1 is 1.47 bits per heavy atom. The summed E-state index contributed by atoms with van der Waals surface area (Å²) in [6.45, 7) is 1.43. The molecule has 0 aliphatic carbocycles. The Balaban J connectivity index is 2.67. The van der Waals surface area contributed by atoms with Crippen LogP contribution in [0.5, 0.6) is 5.75 Å². The van der Waals surface area contributed by atoms with Gasteiger partial charge in [-0.2, -0.15) is 0 Å². The predicted octanol–water partition coefficient (Wildman–Crippen LogP) is 2.37. The van der Waals surface area contributed by atoms with Gasteiger partial charge in [-0.3, -0.25) is 0 Å². The summed E-state index contributed by atoms with van der Waals surface area (Å²) in [7, 11) is 1.68. The van der Waals surface area contributed by atoms with E-state index >= 15 is 0 Å². The van der Waals surface area contributed by atoms with Gasteiger partial charge in [-0.1, -0.05) is 6.07 Å². The van der Waals surface area contributed by atoms with Crippen LogP contribution in [0.15, 0.2) is 28.9 Å². The molecular formula is C11H13BrN2O. The van der Waals surface area contributed by atoms with Gasteiger partial charge in [0, 0.05) is 18.5 Å². The monoisotopic (exact) mass is 268 g/mol. The number of methoxy groups -OCH3 is 1. The maximum absolute atomic E-state index is 5.58. The van der Waals surface area contributed by atoms with Crippen LogP contribution in [-0.2, 0) is 6.54 Å². The molecule has 1 aromatic heterocycles. The average molecular weight is 269 g/mol. The van der Waals surface area contributed by atoms with Crippen molar-refractivity contribution < 1.29 is 4.74 Å². The minimum Gasteiger partial charge on any atom is -0.496 e. The van der Waals surface area contributed by atoms with Crippen molar-refractivity contribution in [3.05, 3.63) is 28.9 Å². The smallest absolute Gasteiger partial charge is 0.128 e. The van der Waals surface area contributed by atoms with Gasteiger partial charge in [0.1, 0.15) is 5.75 Å². The summed E-state index contributed by atoms with van der Waals surface area (Å²) >= 11 is 3.53. The molecule has 1 heterocycles. The van der Waals surface area contributed by atoms with E-state index < -0.39 is 0 Å². The number of nitrogens with zero attached hydrogens (tertiary/aromatic N) is 1. The maximum Gasteiger partial charge on any atom is 0.128 e. The SMILES string of the molecule is COc1cccc2c1cc(Br)n2CCN. The number of hydrogen-bond donors (Lipinski definition) is 1. The number of aromatic nitrogens is 1. The van der Waals surface area contributed by atoms with Gasteiger partial charge in [0.2, 0.25) is 0 Å². The summed E-state index contributed by atoms with van der Waals surface area (Å²) in [6, 6.07) is 8.07. The molecule has 1 aromatic carbocycles. The van der Waals surface area contributed by atoms with E-state index in [-0.39, 0.29) is 0 Å². The Labute approximate surface area is 96.9 Å². The van der Waals surface area contributed by atoms with Crippen LogP contribution in [0, 0.1) is 0 Å². The molecule has 2 aromatic rings. The summed E-state index contributed by atoms with van der Waals surface area (Å²) in [5.74, 6) is 0.893. The van der Waals surface area contributed by atoms with Crippen molar-refractivity contribution in [2.45, 2.75) is 6.54 Å². The van der Waals surface area contributed by atoms with Crippen LogP contribution in [0.4, 0.5) is 0 Å². The number of rotatable bonds is 3. The summed E-state index contributed by atoms with van der Waals surface area (Å²) < 4.78 is 8.48. The molecule has 0 saturated carbocycles.